The minimum atomic E-state index is -1.02. The van der Waals surface area contributed by atoms with E-state index in [1.165, 1.54) is 24.4 Å². The van der Waals surface area contributed by atoms with Gasteiger partial charge in [0.15, 0.2) is 11.3 Å². The van der Waals surface area contributed by atoms with E-state index in [0.29, 0.717) is 47.8 Å². The summed E-state index contributed by atoms with van der Waals surface area (Å²) >= 11 is 5.88. The number of rotatable bonds is 4. The Balaban J connectivity index is 1.48. The first-order valence-electron chi connectivity index (χ1n) is 12.9. The van der Waals surface area contributed by atoms with Gasteiger partial charge in [-0.05, 0) is 49.6 Å². The number of amides is 1. The minimum Gasteiger partial charge on any atom is -0.478 e. The molecule has 10 heteroatoms. The first-order chi connectivity index (χ1) is 18.7. The van der Waals surface area contributed by atoms with Crippen molar-refractivity contribution in [2.24, 2.45) is 0 Å². The maximum absolute atomic E-state index is 14.2. The summed E-state index contributed by atoms with van der Waals surface area (Å²) in [7, 11) is 0. The number of aromatic carboxylic acids is 1. The van der Waals surface area contributed by atoms with Crippen molar-refractivity contribution >= 4 is 40.4 Å². The molecule has 208 valence electrons. The molecule has 0 saturated carbocycles. The summed E-state index contributed by atoms with van der Waals surface area (Å²) < 4.78 is 20.4. The number of carbonyl (C=O) groups is 2. The van der Waals surface area contributed by atoms with Gasteiger partial charge in [0, 0.05) is 43.0 Å². The van der Waals surface area contributed by atoms with Crippen LogP contribution >= 0.6 is 11.6 Å². The van der Waals surface area contributed by atoms with E-state index in [2.05, 4.69) is 4.98 Å². The van der Waals surface area contributed by atoms with E-state index in [0.717, 1.165) is 5.56 Å². The molecule has 0 aliphatic carbocycles. The van der Waals surface area contributed by atoms with Crippen molar-refractivity contribution < 1.29 is 23.5 Å². The summed E-state index contributed by atoms with van der Waals surface area (Å²) in [5.41, 5.74) is 2.19. The second kappa shape index (κ2) is 9.89. The number of carbonyl (C=O) groups excluding carboxylic acids is 1. The van der Waals surface area contributed by atoms with Crippen molar-refractivity contribution in [2.45, 2.75) is 45.6 Å². The summed E-state index contributed by atoms with van der Waals surface area (Å²) in [5.74, 6) is -1.11. The van der Waals surface area contributed by atoms with Gasteiger partial charge in [-0.15, -0.1) is 0 Å². The number of carboxylic acids is 1. The lowest BCUT2D eigenvalue weighted by molar-refractivity contribution is 0.0483. The van der Waals surface area contributed by atoms with E-state index in [4.69, 9.17) is 21.0 Å². The summed E-state index contributed by atoms with van der Waals surface area (Å²) in [6.07, 6.45) is 1.48. The lowest BCUT2D eigenvalue weighted by atomic mass is 9.86. The van der Waals surface area contributed by atoms with Gasteiger partial charge in [-0.2, -0.15) is 0 Å². The predicted octanol–water partition coefficient (Wildman–Crippen LogP) is 6.42. The SMILES string of the molecule is CC(C)(C)c1cc(-c2ccc(Cl)c(F)c2)nc2cc(C(=O)N3CCN(c4cc(C(=O)O)ccn4)CC3(C)C)oc12. The number of fused-ring (bicyclic) bond motifs is 1. The summed E-state index contributed by atoms with van der Waals surface area (Å²) in [6.45, 7) is 11.3. The molecule has 0 radical (unpaired) electrons. The van der Waals surface area contributed by atoms with E-state index in [1.807, 2.05) is 45.6 Å². The quantitative estimate of drug-likeness (QED) is 0.305. The molecular weight excluding hydrogens is 535 g/mol. The van der Waals surface area contributed by atoms with E-state index in [1.54, 1.807) is 23.1 Å². The highest BCUT2D eigenvalue weighted by atomic mass is 35.5. The predicted molar refractivity (Wildman–Crippen MR) is 152 cm³/mol. The van der Waals surface area contributed by atoms with Crippen molar-refractivity contribution in [1.29, 1.82) is 0 Å². The van der Waals surface area contributed by atoms with Gasteiger partial charge in [-0.25, -0.2) is 19.2 Å². The number of hydrogen-bond donors (Lipinski definition) is 1. The van der Waals surface area contributed by atoms with E-state index in [-0.39, 0.29) is 27.7 Å². The smallest absolute Gasteiger partial charge is 0.335 e. The maximum Gasteiger partial charge on any atom is 0.335 e. The first kappa shape index (κ1) is 27.6. The first-order valence-corrected chi connectivity index (χ1v) is 13.3. The highest BCUT2D eigenvalue weighted by Gasteiger charge is 2.39. The Kier molecular flexibility index (Phi) is 6.82. The monoisotopic (exact) mass is 564 g/mol. The summed E-state index contributed by atoms with van der Waals surface area (Å²) in [6, 6.07) is 11.0. The number of furan rings is 1. The summed E-state index contributed by atoms with van der Waals surface area (Å²) in [5, 5.41) is 9.38. The van der Waals surface area contributed by atoms with Crippen LogP contribution in [0.2, 0.25) is 5.02 Å². The zero-order valence-corrected chi connectivity index (χ0v) is 23.7. The van der Waals surface area contributed by atoms with Crippen LogP contribution in [0.4, 0.5) is 10.2 Å². The molecule has 3 aromatic heterocycles. The minimum absolute atomic E-state index is 0.0325. The Hall–Kier alpha value is -3.98. The topological polar surface area (TPSA) is 99.8 Å². The Morgan fingerprint density at radius 3 is 2.50 bits per heavy atom. The van der Waals surface area contributed by atoms with Crippen molar-refractivity contribution in [2.75, 3.05) is 24.5 Å². The highest BCUT2D eigenvalue weighted by Crippen LogP contribution is 2.36. The number of pyridine rings is 2. The van der Waals surface area contributed by atoms with Gasteiger partial charge in [-0.1, -0.05) is 38.4 Å². The largest absolute Gasteiger partial charge is 0.478 e. The molecule has 1 aliphatic rings. The zero-order valence-electron chi connectivity index (χ0n) is 23.0. The molecule has 0 spiro atoms. The Labute approximate surface area is 236 Å². The third-order valence-corrected chi connectivity index (χ3v) is 7.48. The number of nitrogens with zero attached hydrogens (tertiary/aromatic N) is 4. The van der Waals surface area contributed by atoms with Gasteiger partial charge in [0.2, 0.25) is 0 Å². The fourth-order valence-electron chi connectivity index (χ4n) is 5.07. The second-order valence-corrected chi connectivity index (χ2v) is 12.1. The van der Waals surface area contributed by atoms with Crippen LogP contribution in [0.15, 0.2) is 53.1 Å². The van der Waals surface area contributed by atoms with Crippen LogP contribution in [0.5, 0.6) is 0 Å². The van der Waals surface area contributed by atoms with Crippen LogP contribution < -0.4 is 4.90 Å². The third kappa shape index (κ3) is 5.13. The Morgan fingerprint density at radius 1 is 1.10 bits per heavy atom. The van der Waals surface area contributed by atoms with Gasteiger partial charge < -0.3 is 19.3 Å². The van der Waals surface area contributed by atoms with Crippen LogP contribution in [0.1, 0.15) is 61.1 Å². The number of aromatic nitrogens is 2. The number of hydrogen-bond acceptors (Lipinski definition) is 6. The Morgan fingerprint density at radius 2 is 1.85 bits per heavy atom. The van der Waals surface area contributed by atoms with Crippen LogP contribution in [0.25, 0.3) is 22.4 Å². The number of carboxylic acid groups (broad SMARTS) is 1. The van der Waals surface area contributed by atoms with Crippen LogP contribution in [0.3, 0.4) is 0 Å². The van der Waals surface area contributed by atoms with Crippen molar-refractivity contribution in [3.05, 3.63) is 76.4 Å². The highest BCUT2D eigenvalue weighted by molar-refractivity contribution is 6.30. The van der Waals surface area contributed by atoms with Gasteiger partial charge in [0.05, 0.1) is 21.8 Å². The molecule has 0 unspecified atom stereocenters. The van der Waals surface area contributed by atoms with Crippen LogP contribution in [-0.4, -0.2) is 57.0 Å². The van der Waals surface area contributed by atoms with Crippen molar-refractivity contribution in [1.82, 2.24) is 14.9 Å². The maximum atomic E-state index is 14.2. The fourth-order valence-corrected chi connectivity index (χ4v) is 5.19. The average molecular weight is 565 g/mol. The molecule has 40 heavy (non-hydrogen) atoms. The second-order valence-electron chi connectivity index (χ2n) is 11.7. The molecule has 1 saturated heterocycles. The number of benzene rings is 1. The molecule has 0 bridgehead atoms. The molecular formula is C30H30ClFN4O4. The van der Waals surface area contributed by atoms with Gasteiger partial charge in [0.25, 0.3) is 5.91 Å². The molecule has 1 aromatic carbocycles. The van der Waals surface area contributed by atoms with Crippen LogP contribution in [-0.2, 0) is 5.41 Å². The Bertz CT molecular complexity index is 1640. The average Bonchev–Trinajstić information content (AvgIpc) is 3.32. The van der Waals surface area contributed by atoms with Gasteiger partial charge in [-0.3, -0.25) is 4.79 Å². The molecule has 1 amide bonds. The molecule has 1 fully saturated rings. The van der Waals surface area contributed by atoms with E-state index in [9.17, 15) is 19.1 Å². The number of halogens is 2. The zero-order chi connectivity index (χ0) is 29.0. The van der Waals surface area contributed by atoms with E-state index >= 15 is 0 Å². The van der Waals surface area contributed by atoms with Gasteiger partial charge in [0.1, 0.15) is 17.2 Å². The van der Waals surface area contributed by atoms with Crippen molar-refractivity contribution in [3.63, 3.8) is 0 Å². The fraction of sp³-hybridized carbons (Fsp3) is 0.333. The van der Waals surface area contributed by atoms with Gasteiger partial charge >= 0.3 is 5.97 Å². The lowest BCUT2D eigenvalue weighted by Crippen LogP contribution is -2.61. The number of anilines is 1. The lowest BCUT2D eigenvalue weighted by Gasteiger charge is -2.47. The molecule has 4 heterocycles. The third-order valence-electron chi connectivity index (χ3n) is 7.18. The van der Waals surface area contributed by atoms with Crippen LogP contribution in [0, 0.1) is 5.82 Å². The molecule has 1 N–H and O–H groups in total. The van der Waals surface area contributed by atoms with Crippen molar-refractivity contribution in [3.8, 4) is 11.3 Å². The van der Waals surface area contributed by atoms with E-state index < -0.39 is 17.3 Å². The molecule has 0 atom stereocenters. The summed E-state index contributed by atoms with van der Waals surface area (Å²) in [4.78, 5) is 38.0. The molecule has 4 aromatic rings. The molecule has 8 nitrogen and oxygen atoms in total. The normalized spacial score (nSPS) is 15.5. The molecule has 5 rings (SSSR count). The molecule has 1 aliphatic heterocycles. The number of piperazine rings is 1. The standard InChI is InChI=1S/C30H30ClFN4O4/c1-29(2,3)19-14-22(17-6-7-20(31)21(32)12-17)34-23-15-24(40-26(19)23)27(37)36-11-10-35(16-30(36,4)5)25-13-18(28(38)39)8-9-33-25/h6-9,12-15H,10-11,16H2,1-5H3,(H,38,39).